The van der Waals surface area contributed by atoms with Gasteiger partial charge in [-0.15, -0.1) is 5.10 Å². The lowest BCUT2D eigenvalue weighted by atomic mass is 10.1. The highest BCUT2D eigenvalue weighted by Gasteiger charge is 2.13. The topological polar surface area (TPSA) is 104 Å². The van der Waals surface area contributed by atoms with Gasteiger partial charge < -0.3 is 14.6 Å². The Labute approximate surface area is 184 Å². The van der Waals surface area contributed by atoms with Crippen molar-refractivity contribution in [1.82, 2.24) is 24.8 Å². The molecule has 31 heavy (non-hydrogen) atoms. The Bertz CT molecular complexity index is 1080. The van der Waals surface area contributed by atoms with Gasteiger partial charge in [0.15, 0.2) is 5.75 Å². The number of tetrazole rings is 1. The van der Waals surface area contributed by atoms with Crippen molar-refractivity contribution in [3.05, 3.63) is 58.0 Å². The van der Waals surface area contributed by atoms with E-state index in [9.17, 15) is 9.59 Å². The van der Waals surface area contributed by atoms with E-state index in [0.29, 0.717) is 16.6 Å². The Hall–Kier alpha value is -3.14. The number of aryl methyl sites for hydroxylation is 2. The summed E-state index contributed by atoms with van der Waals surface area (Å²) in [6, 6.07) is 9.36. The predicted octanol–water partition coefficient (Wildman–Crippen LogP) is 2.65. The van der Waals surface area contributed by atoms with Gasteiger partial charge in [0.05, 0.1) is 13.3 Å². The predicted molar refractivity (Wildman–Crippen MR) is 119 cm³/mol. The van der Waals surface area contributed by atoms with E-state index in [1.165, 1.54) is 30.5 Å². The second-order valence-electron chi connectivity index (χ2n) is 7.05. The van der Waals surface area contributed by atoms with Crippen LogP contribution in [0.3, 0.4) is 0 Å². The van der Waals surface area contributed by atoms with E-state index in [0.717, 1.165) is 24.9 Å². The first kappa shape index (κ1) is 22.5. The molecule has 0 atom stereocenters. The van der Waals surface area contributed by atoms with Crippen LogP contribution in [0.1, 0.15) is 31.0 Å². The molecule has 0 saturated heterocycles. The van der Waals surface area contributed by atoms with Gasteiger partial charge >= 0.3 is 0 Å². The largest absolute Gasteiger partial charge is 0.491 e. The van der Waals surface area contributed by atoms with Gasteiger partial charge in [0.2, 0.25) is 16.5 Å². The standard InChI is InChI=1S/C21H26N6O3S/c1-4-5-6-15-7-9-16(10-8-15)22-20(29)13-27-12-19(30-3)18(28)11-17(27)14-31-21-23-24-25-26(21)2/h7-12H,4-6,13-14H2,1-3H3,(H,22,29). The summed E-state index contributed by atoms with van der Waals surface area (Å²) in [7, 11) is 3.17. The maximum atomic E-state index is 12.7. The van der Waals surface area contributed by atoms with Gasteiger partial charge in [0, 0.05) is 30.2 Å². The smallest absolute Gasteiger partial charge is 0.244 e. The first-order valence-corrected chi connectivity index (χ1v) is 11.0. The molecular formula is C21H26N6O3S. The number of nitrogens with one attached hydrogen (secondary N) is 1. The average molecular weight is 443 g/mol. The number of hydrogen-bond donors (Lipinski definition) is 1. The van der Waals surface area contributed by atoms with E-state index in [2.05, 4.69) is 27.8 Å². The molecule has 2 aromatic heterocycles. The van der Waals surface area contributed by atoms with Gasteiger partial charge in [-0.2, -0.15) is 0 Å². The molecule has 0 radical (unpaired) electrons. The SMILES string of the molecule is CCCCc1ccc(NC(=O)Cn2cc(OC)c(=O)cc2CSc2nnnn2C)cc1. The average Bonchev–Trinajstić information content (AvgIpc) is 3.17. The minimum absolute atomic E-state index is 0.0428. The number of methoxy groups -OCH3 is 1. The summed E-state index contributed by atoms with van der Waals surface area (Å²) < 4.78 is 8.41. The molecule has 0 unspecified atom stereocenters. The third-order valence-electron chi connectivity index (χ3n) is 4.70. The van der Waals surface area contributed by atoms with Crippen LogP contribution in [0.25, 0.3) is 0 Å². The van der Waals surface area contributed by atoms with E-state index in [1.807, 2.05) is 24.3 Å². The molecule has 164 valence electrons. The molecule has 10 heteroatoms. The summed E-state index contributed by atoms with van der Waals surface area (Å²) in [6.45, 7) is 2.21. The van der Waals surface area contributed by atoms with Crippen molar-refractivity contribution in [2.45, 2.75) is 43.6 Å². The monoisotopic (exact) mass is 442 g/mol. The lowest BCUT2D eigenvalue weighted by Gasteiger charge is -2.15. The van der Waals surface area contributed by atoms with Crippen LogP contribution in [0, 0.1) is 0 Å². The molecule has 2 heterocycles. The number of amides is 1. The maximum absolute atomic E-state index is 12.7. The summed E-state index contributed by atoms with van der Waals surface area (Å²) in [4.78, 5) is 24.9. The zero-order chi connectivity index (χ0) is 22.2. The quantitative estimate of drug-likeness (QED) is 0.481. The molecule has 3 aromatic rings. The van der Waals surface area contributed by atoms with Crippen LogP contribution in [0.2, 0.25) is 0 Å². The highest BCUT2D eigenvalue weighted by Crippen LogP contribution is 2.20. The number of nitrogens with zero attached hydrogens (tertiary/aromatic N) is 5. The lowest BCUT2D eigenvalue weighted by molar-refractivity contribution is -0.116. The number of pyridine rings is 1. The van der Waals surface area contributed by atoms with Gasteiger partial charge in [-0.25, -0.2) is 4.68 Å². The number of carbonyl (C=O) groups excluding carboxylic acids is 1. The third kappa shape index (κ3) is 6.17. The van der Waals surface area contributed by atoms with Crippen molar-refractivity contribution in [3.8, 4) is 5.75 Å². The van der Waals surface area contributed by atoms with Gasteiger partial charge in [0.25, 0.3) is 0 Å². The van der Waals surface area contributed by atoms with E-state index in [1.54, 1.807) is 22.5 Å². The molecule has 0 aliphatic rings. The number of ether oxygens (including phenoxy) is 1. The van der Waals surface area contributed by atoms with Gasteiger partial charge in [-0.1, -0.05) is 37.2 Å². The van der Waals surface area contributed by atoms with E-state index in [4.69, 9.17) is 4.74 Å². The lowest BCUT2D eigenvalue weighted by Crippen LogP contribution is -2.22. The Balaban J connectivity index is 1.71. The normalized spacial score (nSPS) is 10.8. The van der Waals surface area contributed by atoms with Crippen LogP contribution < -0.4 is 15.5 Å². The number of thioether (sulfide) groups is 1. The molecule has 1 amide bonds. The van der Waals surface area contributed by atoms with Crippen molar-refractivity contribution in [1.29, 1.82) is 0 Å². The van der Waals surface area contributed by atoms with Crippen LogP contribution in [-0.4, -0.2) is 37.8 Å². The fourth-order valence-electron chi connectivity index (χ4n) is 2.99. The fraction of sp³-hybridized carbons (Fsp3) is 0.381. The van der Waals surface area contributed by atoms with Crippen molar-refractivity contribution < 1.29 is 9.53 Å². The summed E-state index contributed by atoms with van der Waals surface area (Å²) in [5.74, 6) is 0.410. The third-order valence-corrected chi connectivity index (χ3v) is 5.75. The number of hydrogen-bond acceptors (Lipinski definition) is 7. The molecule has 1 N–H and O–H groups in total. The molecular weight excluding hydrogens is 416 g/mol. The van der Waals surface area contributed by atoms with Crippen molar-refractivity contribution >= 4 is 23.4 Å². The highest BCUT2D eigenvalue weighted by molar-refractivity contribution is 7.98. The molecule has 1 aromatic carbocycles. The summed E-state index contributed by atoms with van der Waals surface area (Å²) in [5, 5.41) is 14.9. The number of aromatic nitrogens is 5. The molecule has 0 saturated carbocycles. The summed E-state index contributed by atoms with van der Waals surface area (Å²) in [6.07, 6.45) is 4.88. The minimum atomic E-state index is -0.242. The molecule has 0 aliphatic carbocycles. The number of benzene rings is 1. The summed E-state index contributed by atoms with van der Waals surface area (Å²) in [5.41, 5.74) is 2.42. The Morgan fingerprint density at radius 2 is 2.03 bits per heavy atom. The second kappa shape index (κ2) is 10.8. The zero-order valence-corrected chi connectivity index (χ0v) is 18.7. The van der Waals surface area contributed by atoms with Gasteiger partial charge in [-0.05, 0) is 41.0 Å². The number of unbranched alkanes of at least 4 members (excludes halogenated alkanes) is 1. The van der Waals surface area contributed by atoms with Gasteiger partial charge in [-0.3, -0.25) is 9.59 Å². The Morgan fingerprint density at radius 3 is 2.68 bits per heavy atom. The number of rotatable bonds is 10. The van der Waals surface area contributed by atoms with Gasteiger partial charge in [0.1, 0.15) is 6.54 Å². The minimum Gasteiger partial charge on any atom is -0.491 e. The number of carbonyl (C=O) groups is 1. The van der Waals surface area contributed by atoms with Crippen LogP contribution in [0.15, 0.2) is 46.5 Å². The van der Waals surface area contributed by atoms with Crippen molar-refractivity contribution in [3.63, 3.8) is 0 Å². The van der Waals surface area contributed by atoms with Crippen molar-refractivity contribution in [2.75, 3.05) is 12.4 Å². The zero-order valence-electron chi connectivity index (χ0n) is 17.9. The molecule has 9 nitrogen and oxygen atoms in total. The highest BCUT2D eigenvalue weighted by atomic mass is 32.2. The molecule has 0 bridgehead atoms. The maximum Gasteiger partial charge on any atom is 0.244 e. The second-order valence-corrected chi connectivity index (χ2v) is 7.99. The fourth-order valence-corrected chi connectivity index (χ4v) is 3.84. The molecule has 0 fully saturated rings. The van der Waals surface area contributed by atoms with Crippen LogP contribution in [0.4, 0.5) is 5.69 Å². The Morgan fingerprint density at radius 1 is 1.26 bits per heavy atom. The van der Waals surface area contributed by atoms with E-state index >= 15 is 0 Å². The molecule has 0 spiro atoms. The van der Waals surface area contributed by atoms with Crippen LogP contribution in [-0.2, 0) is 30.6 Å². The molecule has 0 aliphatic heterocycles. The van der Waals surface area contributed by atoms with Crippen LogP contribution >= 0.6 is 11.8 Å². The Kier molecular flexibility index (Phi) is 7.82. The van der Waals surface area contributed by atoms with Crippen molar-refractivity contribution in [2.24, 2.45) is 7.05 Å². The number of anilines is 1. The first-order chi connectivity index (χ1) is 15.0. The van der Waals surface area contributed by atoms with E-state index in [-0.39, 0.29) is 23.6 Å². The molecule has 3 rings (SSSR count). The summed E-state index contributed by atoms with van der Waals surface area (Å²) >= 11 is 1.38. The first-order valence-electron chi connectivity index (χ1n) is 10.0. The van der Waals surface area contributed by atoms with Crippen LogP contribution in [0.5, 0.6) is 5.75 Å². The van der Waals surface area contributed by atoms with E-state index < -0.39 is 0 Å².